The fourth-order valence-corrected chi connectivity index (χ4v) is 9.53. The number of hydrogen-bond donors (Lipinski definition) is 0. The summed E-state index contributed by atoms with van der Waals surface area (Å²) in [6.45, 7) is 0. The van der Waals surface area contributed by atoms with Gasteiger partial charge in [-0.25, -0.2) is 15.0 Å². The zero-order valence-electron chi connectivity index (χ0n) is 30.3. The number of hydrogen-bond acceptors (Lipinski definition) is 3. The molecular formula is C52H32N4. The highest BCUT2D eigenvalue weighted by molar-refractivity contribution is 6.12. The molecule has 4 heteroatoms. The van der Waals surface area contributed by atoms with Gasteiger partial charge in [0.1, 0.15) is 0 Å². The summed E-state index contributed by atoms with van der Waals surface area (Å²) in [7, 11) is 0. The maximum atomic E-state index is 5.11. The van der Waals surface area contributed by atoms with Crippen LogP contribution in [0, 0.1) is 0 Å². The predicted octanol–water partition coefficient (Wildman–Crippen LogP) is 12.3. The molecule has 0 bridgehead atoms. The van der Waals surface area contributed by atoms with Gasteiger partial charge in [-0.05, 0) is 80.9 Å². The van der Waals surface area contributed by atoms with E-state index >= 15 is 0 Å². The minimum atomic E-state index is -0.508. The van der Waals surface area contributed by atoms with Gasteiger partial charge < -0.3 is 4.57 Å². The minimum Gasteiger partial charge on any atom is -0.309 e. The Morgan fingerprint density at radius 2 is 0.821 bits per heavy atom. The first-order valence-corrected chi connectivity index (χ1v) is 19.1. The fourth-order valence-electron chi connectivity index (χ4n) is 9.53. The summed E-state index contributed by atoms with van der Waals surface area (Å²) < 4.78 is 2.43. The van der Waals surface area contributed by atoms with Gasteiger partial charge in [0.05, 0.1) is 16.4 Å². The Bertz CT molecular complexity index is 3130. The number of aromatic nitrogens is 4. The van der Waals surface area contributed by atoms with Crippen LogP contribution in [0.3, 0.4) is 0 Å². The lowest BCUT2D eigenvalue weighted by molar-refractivity contribution is 0.794. The molecule has 0 radical (unpaired) electrons. The number of para-hydroxylation sites is 2. The lowest BCUT2D eigenvalue weighted by Gasteiger charge is -2.30. The van der Waals surface area contributed by atoms with Crippen LogP contribution in [-0.4, -0.2) is 19.5 Å². The lowest BCUT2D eigenvalue weighted by Crippen LogP contribution is -2.25. The number of fused-ring (bicyclic) bond motifs is 13. The first-order chi connectivity index (χ1) is 27.8. The zero-order valence-corrected chi connectivity index (χ0v) is 30.3. The van der Waals surface area contributed by atoms with Crippen molar-refractivity contribution in [1.82, 2.24) is 19.5 Å². The Kier molecular flexibility index (Phi) is 6.52. The second kappa shape index (κ2) is 11.8. The number of benzene rings is 8. The van der Waals surface area contributed by atoms with Crippen LogP contribution in [-0.2, 0) is 5.41 Å². The number of rotatable bonds is 4. The Hall–Kier alpha value is -7.43. The van der Waals surface area contributed by atoms with Gasteiger partial charge in [-0.15, -0.1) is 0 Å². The second-order valence-electron chi connectivity index (χ2n) is 14.7. The van der Waals surface area contributed by atoms with Gasteiger partial charge in [-0.1, -0.05) is 158 Å². The summed E-state index contributed by atoms with van der Waals surface area (Å²) in [5, 5.41) is 2.52. The third-order valence-corrected chi connectivity index (χ3v) is 11.9. The summed E-state index contributed by atoms with van der Waals surface area (Å²) in [4.78, 5) is 15.2. The lowest BCUT2D eigenvalue weighted by atomic mass is 9.70. The molecule has 0 aliphatic heterocycles. The average Bonchev–Trinajstić information content (AvgIpc) is 3.87. The number of nitrogens with zero attached hydrogens (tertiary/aromatic N) is 4. The van der Waals surface area contributed by atoms with Crippen LogP contribution in [0.5, 0.6) is 0 Å². The topological polar surface area (TPSA) is 43.6 Å². The van der Waals surface area contributed by atoms with Gasteiger partial charge in [0.2, 0.25) is 0 Å². The quantitative estimate of drug-likeness (QED) is 0.182. The molecule has 12 rings (SSSR count). The zero-order chi connectivity index (χ0) is 36.8. The third kappa shape index (κ3) is 4.27. The summed E-state index contributed by atoms with van der Waals surface area (Å²) >= 11 is 0. The molecule has 0 amide bonds. The van der Waals surface area contributed by atoms with Gasteiger partial charge in [0, 0.05) is 33.2 Å². The van der Waals surface area contributed by atoms with Crippen LogP contribution in [0.1, 0.15) is 22.3 Å². The van der Waals surface area contributed by atoms with Crippen molar-refractivity contribution in [3.63, 3.8) is 0 Å². The second-order valence-corrected chi connectivity index (χ2v) is 14.7. The highest BCUT2D eigenvalue weighted by atomic mass is 15.0. The molecule has 1 unspecified atom stereocenters. The van der Waals surface area contributed by atoms with E-state index in [-0.39, 0.29) is 0 Å². The molecular weight excluding hydrogens is 681 g/mol. The maximum absolute atomic E-state index is 5.11. The van der Waals surface area contributed by atoms with Gasteiger partial charge in [0.15, 0.2) is 17.5 Å². The Morgan fingerprint density at radius 1 is 0.321 bits per heavy atom. The summed E-state index contributed by atoms with van der Waals surface area (Å²) in [6.07, 6.45) is 0. The van der Waals surface area contributed by atoms with Gasteiger partial charge in [-0.3, -0.25) is 0 Å². The van der Waals surface area contributed by atoms with E-state index in [9.17, 15) is 0 Å². The van der Waals surface area contributed by atoms with Crippen molar-refractivity contribution in [3.8, 4) is 62.1 Å². The van der Waals surface area contributed by atoms with Crippen LogP contribution < -0.4 is 0 Å². The molecule has 2 aromatic heterocycles. The normalized spacial score (nSPS) is 14.9. The highest BCUT2D eigenvalue weighted by Crippen LogP contribution is 2.63. The van der Waals surface area contributed by atoms with Crippen molar-refractivity contribution >= 4 is 21.8 Å². The monoisotopic (exact) mass is 712 g/mol. The van der Waals surface area contributed by atoms with Crippen LogP contribution in [0.25, 0.3) is 83.9 Å². The van der Waals surface area contributed by atoms with E-state index < -0.39 is 5.41 Å². The largest absolute Gasteiger partial charge is 0.309 e. The summed E-state index contributed by atoms with van der Waals surface area (Å²) in [6, 6.07) is 69.7. The SMILES string of the molecule is c1ccc(-c2nc(-c3ccccc3)nc(-c3ccc4c(c3)-c3ccccc3C43c4ccccc4-c4cc5c6ccccc6n(-c6ccccc6)c5cc43)n2)cc1. The molecule has 56 heavy (non-hydrogen) atoms. The molecule has 2 aliphatic rings. The minimum absolute atomic E-state index is 0.508. The van der Waals surface area contributed by atoms with Gasteiger partial charge >= 0.3 is 0 Å². The van der Waals surface area contributed by atoms with Crippen LogP contribution >= 0.6 is 0 Å². The molecule has 1 atom stereocenters. The predicted molar refractivity (Wildman–Crippen MR) is 227 cm³/mol. The van der Waals surface area contributed by atoms with Crippen LogP contribution in [0.15, 0.2) is 194 Å². The van der Waals surface area contributed by atoms with Crippen molar-refractivity contribution in [1.29, 1.82) is 0 Å². The maximum Gasteiger partial charge on any atom is 0.164 e. The van der Waals surface area contributed by atoms with Crippen LogP contribution in [0.2, 0.25) is 0 Å². The molecule has 8 aromatic carbocycles. The highest BCUT2D eigenvalue weighted by Gasteiger charge is 2.52. The fraction of sp³-hybridized carbons (Fsp3) is 0.0192. The molecule has 4 nitrogen and oxygen atoms in total. The van der Waals surface area contributed by atoms with E-state index in [1.807, 2.05) is 36.4 Å². The van der Waals surface area contributed by atoms with Crippen molar-refractivity contribution < 1.29 is 0 Å². The van der Waals surface area contributed by atoms with E-state index in [2.05, 4.69) is 162 Å². The van der Waals surface area contributed by atoms with E-state index in [0.717, 1.165) is 22.4 Å². The van der Waals surface area contributed by atoms with Gasteiger partial charge in [0.25, 0.3) is 0 Å². The van der Waals surface area contributed by atoms with Crippen molar-refractivity contribution in [2.24, 2.45) is 0 Å². The molecule has 2 heterocycles. The first kappa shape index (κ1) is 31.0. The van der Waals surface area contributed by atoms with E-state index in [1.54, 1.807) is 0 Å². The van der Waals surface area contributed by atoms with E-state index in [4.69, 9.17) is 15.0 Å². The molecule has 10 aromatic rings. The molecule has 2 aliphatic carbocycles. The summed E-state index contributed by atoms with van der Waals surface area (Å²) in [5.41, 5.74) is 16.1. The molecule has 1 spiro atoms. The van der Waals surface area contributed by atoms with Crippen molar-refractivity contribution in [2.75, 3.05) is 0 Å². The molecule has 0 fully saturated rings. The molecule has 0 N–H and O–H groups in total. The van der Waals surface area contributed by atoms with Crippen molar-refractivity contribution in [3.05, 3.63) is 216 Å². The Balaban J connectivity index is 1.13. The molecule has 0 saturated heterocycles. The van der Waals surface area contributed by atoms with E-state index in [0.29, 0.717) is 17.5 Å². The molecule has 0 saturated carbocycles. The standard InChI is InChI=1S/C52H32N4/c1-4-16-33(17-5-1)49-53-50(34-18-6-2-7-19-34)55-51(54-49)35-28-29-45-40(30-35)37-22-10-13-25-43(37)52(45)44-26-14-11-23-38(44)41-31-42-39-24-12-15-27-47(39)56(48(42)32-46(41)52)36-20-8-3-9-21-36/h1-32H. The summed E-state index contributed by atoms with van der Waals surface area (Å²) in [5.74, 6) is 1.96. The Labute approximate surface area is 324 Å². The first-order valence-electron chi connectivity index (χ1n) is 19.1. The van der Waals surface area contributed by atoms with Crippen LogP contribution in [0.4, 0.5) is 0 Å². The third-order valence-electron chi connectivity index (χ3n) is 11.9. The van der Waals surface area contributed by atoms with E-state index in [1.165, 1.54) is 66.3 Å². The average molecular weight is 713 g/mol. The van der Waals surface area contributed by atoms with Crippen molar-refractivity contribution in [2.45, 2.75) is 5.41 Å². The van der Waals surface area contributed by atoms with Gasteiger partial charge in [-0.2, -0.15) is 0 Å². The Morgan fingerprint density at radius 3 is 1.46 bits per heavy atom. The molecule has 260 valence electrons. The smallest absolute Gasteiger partial charge is 0.164 e.